The summed E-state index contributed by atoms with van der Waals surface area (Å²) < 4.78 is 63.0. The quantitative estimate of drug-likeness (QED) is 0.243. The Kier molecular flexibility index (Phi) is 4.10. The number of carbonyl (C=O) groups excluding carboxylic acids is 1. The summed E-state index contributed by atoms with van der Waals surface area (Å²) >= 11 is -0.517. The van der Waals surface area contributed by atoms with Gasteiger partial charge in [-0.2, -0.15) is 17.2 Å². The zero-order valence-corrected chi connectivity index (χ0v) is 12.5. The zero-order chi connectivity index (χ0) is 16.1. The Balaban J connectivity index is 1.61. The van der Waals surface area contributed by atoms with Crippen LogP contribution >= 0.6 is 12.0 Å². The van der Waals surface area contributed by atoms with E-state index in [-0.39, 0.29) is 18.3 Å². The molecule has 3 aliphatic rings. The van der Waals surface area contributed by atoms with Gasteiger partial charge in [0, 0.05) is 5.92 Å². The second-order valence-electron chi connectivity index (χ2n) is 5.48. The third-order valence-electron chi connectivity index (χ3n) is 4.33. The van der Waals surface area contributed by atoms with Crippen LogP contribution < -0.4 is 0 Å². The second-order valence-corrected chi connectivity index (χ2v) is 8.17. The van der Waals surface area contributed by atoms with Crippen LogP contribution in [-0.4, -0.2) is 42.9 Å². The highest BCUT2D eigenvalue weighted by Crippen LogP contribution is 2.57. The first-order chi connectivity index (χ1) is 10.2. The Morgan fingerprint density at radius 2 is 2.14 bits per heavy atom. The smallest absolute Gasteiger partial charge is 0.354 e. The molecule has 3 rings (SSSR count). The molecule has 0 amide bonds. The van der Waals surface area contributed by atoms with Crippen molar-refractivity contribution in [3.8, 4) is 0 Å². The van der Waals surface area contributed by atoms with E-state index in [1.807, 2.05) is 0 Å². The van der Waals surface area contributed by atoms with E-state index >= 15 is 0 Å². The molecule has 126 valence electrons. The molecule has 2 aliphatic carbocycles. The minimum Gasteiger partial charge on any atom is -0.458 e. The van der Waals surface area contributed by atoms with Gasteiger partial charge in [-0.25, -0.2) is 5.26 Å². The number of halogens is 2. The van der Waals surface area contributed by atoms with E-state index in [2.05, 4.69) is 14.1 Å². The molecule has 1 aliphatic heterocycles. The molecule has 0 aromatic rings. The van der Waals surface area contributed by atoms with Crippen molar-refractivity contribution in [2.75, 3.05) is 6.61 Å². The summed E-state index contributed by atoms with van der Waals surface area (Å²) in [6, 6.07) is 0. The maximum atomic E-state index is 13.2. The SMILES string of the molecule is O=C(OCC(F)(F)SOOO)C1C2CC3C1OS(=O)(=O)C3C2. The molecule has 0 spiro atoms. The largest absolute Gasteiger partial charge is 0.458 e. The van der Waals surface area contributed by atoms with E-state index in [1.54, 1.807) is 0 Å². The number of hydrogen-bond acceptors (Lipinski definition) is 9. The van der Waals surface area contributed by atoms with Gasteiger partial charge in [0.2, 0.25) is 0 Å². The number of carbonyl (C=O) groups is 1. The third-order valence-corrected chi connectivity index (χ3v) is 6.59. The first kappa shape index (κ1) is 16.3. The Bertz CT molecular complexity index is 567. The predicted octanol–water partition coefficient (Wildman–Crippen LogP) is 0.945. The van der Waals surface area contributed by atoms with Crippen molar-refractivity contribution in [1.29, 1.82) is 0 Å². The fourth-order valence-corrected chi connectivity index (χ4v) is 5.73. The predicted molar refractivity (Wildman–Crippen MR) is 65.6 cm³/mol. The number of fused-ring (bicyclic) bond motifs is 1. The number of esters is 1. The van der Waals surface area contributed by atoms with Gasteiger partial charge in [0.15, 0.2) is 6.61 Å². The van der Waals surface area contributed by atoms with E-state index in [0.29, 0.717) is 6.42 Å². The minimum absolute atomic E-state index is 0.233. The third kappa shape index (κ3) is 2.71. The van der Waals surface area contributed by atoms with Crippen LogP contribution in [0, 0.1) is 17.8 Å². The fourth-order valence-electron chi connectivity index (χ4n) is 3.60. The monoisotopic (exact) mass is 362 g/mol. The molecule has 5 unspecified atom stereocenters. The molecule has 1 heterocycles. The van der Waals surface area contributed by atoms with Gasteiger partial charge in [0.25, 0.3) is 10.1 Å². The average Bonchev–Trinajstić information content (AvgIpc) is 3.04. The van der Waals surface area contributed by atoms with Crippen LogP contribution in [0.3, 0.4) is 0 Å². The summed E-state index contributed by atoms with van der Waals surface area (Å²) in [5, 5.41) is 6.63. The summed E-state index contributed by atoms with van der Waals surface area (Å²) in [7, 11) is -3.68. The molecule has 8 nitrogen and oxygen atoms in total. The van der Waals surface area contributed by atoms with Crippen LogP contribution in [0.1, 0.15) is 12.8 Å². The van der Waals surface area contributed by atoms with Crippen LogP contribution in [0.15, 0.2) is 0 Å². The molecule has 0 radical (unpaired) electrons. The summed E-state index contributed by atoms with van der Waals surface area (Å²) in [4.78, 5) is 12.0. The van der Waals surface area contributed by atoms with Gasteiger partial charge in [-0.05, 0) is 18.8 Å². The van der Waals surface area contributed by atoms with Crippen LogP contribution in [0.4, 0.5) is 8.78 Å². The summed E-state index contributed by atoms with van der Waals surface area (Å²) in [5.41, 5.74) is 0. The molecule has 5 atom stereocenters. The first-order valence-corrected chi connectivity index (χ1v) is 8.59. The lowest BCUT2D eigenvalue weighted by Crippen LogP contribution is -2.37. The molecule has 1 N–H and O–H groups in total. The van der Waals surface area contributed by atoms with Crippen molar-refractivity contribution >= 4 is 28.1 Å². The highest BCUT2D eigenvalue weighted by molar-refractivity contribution is 7.95. The Labute approximate surface area is 128 Å². The van der Waals surface area contributed by atoms with Gasteiger partial charge in [-0.1, -0.05) is 5.04 Å². The first-order valence-electron chi connectivity index (χ1n) is 6.37. The van der Waals surface area contributed by atoms with E-state index in [1.165, 1.54) is 0 Å². The molecular weight excluding hydrogens is 350 g/mol. The Morgan fingerprint density at radius 1 is 1.41 bits per heavy atom. The lowest BCUT2D eigenvalue weighted by molar-refractivity contribution is -0.433. The number of alkyl halides is 2. The average molecular weight is 362 g/mol. The maximum Gasteiger partial charge on any atom is 0.354 e. The second kappa shape index (κ2) is 5.53. The van der Waals surface area contributed by atoms with Crippen molar-refractivity contribution in [2.24, 2.45) is 17.8 Å². The molecule has 0 aromatic carbocycles. The Hall–Kier alpha value is -0.530. The van der Waals surface area contributed by atoms with Crippen LogP contribution in [0.2, 0.25) is 0 Å². The van der Waals surface area contributed by atoms with Crippen molar-refractivity contribution in [1.82, 2.24) is 0 Å². The summed E-state index contributed by atoms with van der Waals surface area (Å²) in [6.45, 7) is -1.29. The highest BCUT2D eigenvalue weighted by Gasteiger charge is 2.66. The fraction of sp³-hybridized carbons (Fsp3) is 0.900. The maximum absolute atomic E-state index is 13.2. The molecule has 2 saturated carbocycles. The molecule has 12 heteroatoms. The number of hydrogen-bond donors (Lipinski definition) is 1. The lowest BCUT2D eigenvalue weighted by Gasteiger charge is -2.23. The molecule has 0 aromatic heterocycles. The van der Waals surface area contributed by atoms with Crippen LogP contribution in [-0.2, 0) is 33.2 Å². The molecule has 22 heavy (non-hydrogen) atoms. The Morgan fingerprint density at radius 3 is 2.82 bits per heavy atom. The lowest BCUT2D eigenvalue weighted by atomic mass is 9.86. The van der Waals surface area contributed by atoms with Crippen LogP contribution in [0.25, 0.3) is 0 Å². The van der Waals surface area contributed by atoms with E-state index in [0.717, 1.165) is 0 Å². The van der Waals surface area contributed by atoms with Gasteiger partial charge in [-0.3, -0.25) is 8.98 Å². The van der Waals surface area contributed by atoms with Gasteiger partial charge >= 0.3 is 11.2 Å². The highest BCUT2D eigenvalue weighted by atomic mass is 32.2. The number of ether oxygens (including phenoxy) is 1. The normalized spacial score (nSPS) is 38.4. The summed E-state index contributed by atoms with van der Waals surface area (Å²) in [6.07, 6.45) is -0.0175. The van der Waals surface area contributed by atoms with Gasteiger partial charge in [0.05, 0.1) is 17.3 Å². The minimum atomic E-state index is -3.68. The molecule has 3 fully saturated rings. The van der Waals surface area contributed by atoms with Crippen LogP contribution in [0.5, 0.6) is 0 Å². The molecule has 2 bridgehead atoms. The number of rotatable bonds is 6. The standard InChI is InChI=1S/C10H12F2O8S2/c11-10(12,21-20-19-14)3-17-9(13)7-4-1-5-6(2-4)22(15,16)18-8(5)7/h4-8,14H,1-3H2. The van der Waals surface area contributed by atoms with Gasteiger partial charge in [-0.15, -0.1) is 4.33 Å². The van der Waals surface area contributed by atoms with Crippen molar-refractivity contribution in [2.45, 2.75) is 29.5 Å². The van der Waals surface area contributed by atoms with Gasteiger partial charge < -0.3 is 4.74 Å². The van der Waals surface area contributed by atoms with E-state index in [4.69, 9.17) is 9.44 Å². The molecule has 1 saturated heterocycles. The van der Waals surface area contributed by atoms with Crippen molar-refractivity contribution < 1.29 is 45.5 Å². The van der Waals surface area contributed by atoms with E-state index in [9.17, 15) is 22.0 Å². The van der Waals surface area contributed by atoms with E-state index < -0.39 is 57.3 Å². The topological polar surface area (TPSA) is 108 Å². The zero-order valence-electron chi connectivity index (χ0n) is 10.9. The van der Waals surface area contributed by atoms with Gasteiger partial charge in [0.1, 0.15) is 12.0 Å². The molecular formula is C10H12F2O8S2. The van der Waals surface area contributed by atoms with Crippen molar-refractivity contribution in [3.05, 3.63) is 0 Å². The van der Waals surface area contributed by atoms with Crippen molar-refractivity contribution in [3.63, 3.8) is 0 Å². The summed E-state index contributed by atoms with van der Waals surface area (Å²) in [5.74, 6) is -2.27.